The second-order valence-corrected chi connectivity index (χ2v) is 6.90. The molecule has 0 aliphatic heterocycles. The minimum Gasteiger partial charge on any atom is -0.386 e. The van der Waals surface area contributed by atoms with E-state index in [0.717, 1.165) is 48.5 Å². The van der Waals surface area contributed by atoms with Gasteiger partial charge in [-0.2, -0.15) is 13.2 Å². The number of anilines is 1. The summed E-state index contributed by atoms with van der Waals surface area (Å²) in [4.78, 5) is -0.282. The molecular formula is C15H13F4N3O2S. The van der Waals surface area contributed by atoms with E-state index in [9.17, 15) is 26.0 Å². The Morgan fingerprint density at radius 1 is 1.04 bits per heavy atom. The van der Waals surface area contributed by atoms with Gasteiger partial charge in [-0.1, -0.05) is 0 Å². The van der Waals surface area contributed by atoms with Gasteiger partial charge in [0.1, 0.15) is 11.7 Å². The first-order chi connectivity index (χ1) is 11.5. The van der Waals surface area contributed by atoms with Crippen LogP contribution >= 0.6 is 0 Å². The Labute approximate surface area is 141 Å². The predicted molar refractivity (Wildman–Crippen MR) is 84.3 cm³/mol. The van der Waals surface area contributed by atoms with Gasteiger partial charge in [0.2, 0.25) is 0 Å². The molecular weight excluding hydrogens is 362 g/mol. The maximum Gasteiger partial charge on any atom is 0.416 e. The van der Waals surface area contributed by atoms with Crippen LogP contribution in [-0.4, -0.2) is 20.8 Å². The van der Waals surface area contributed by atoms with Crippen molar-refractivity contribution >= 4 is 21.5 Å². The highest BCUT2D eigenvalue weighted by Gasteiger charge is 2.31. The molecule has 0 amide bonds. The van der Waals surface area contributed by atoms with Gasteiger partial charge in [0.15, 0.2) is 0 Å². The quantitative estimate of drug-likeness (QED) is 0.478. The van der Waals surface area contributed by atoms with Crippen LogP contribution in [0.2, 0.25) is 0 Å². The number of sulfonamides is 1. The number of nitrogens with two attached hydrogens (primary N) is 1. The zero-order valence-electron chi connectivity index (χ0n) is 12.6. The Hall–Kier alpha value is -2.62. The van der Waals surface area contributed by atoms with Gasteiger partial charge < -0.3 is 5.73 Å². The molecule has 0 aromatic heterocycles. The number of alkyl halides is 3. The van der Waals surface area contributed by atoms with Crippen molar-refractivity contribution in [2.45, 2.75) is 11.1 Å². The molecule has 0 spiro atoms. The number of hydrogen-bond donors (Lipinski definition) is 2. The number of amidine groups is 1. The van der Waals surface area contributed by atoms with Crippen LogP contribution in [0.15, 0.2) is 53.4 Å². The van der Waals surface area contributed by atoms with E-state index in [0.29, 0.717) is 4.31 Å². The van der Waals surface area contributed by atoms with Gasteiger partial charge >= 0.3 is 6.18 Å². The van der Waals surface area contributed by atoms with Crippen LogP contribution in [0.1, 0.15) is 5.56 Å². The molecule has 2 aromatic carbocycles. The summed E-state index contributed by atoms with van der Waals surface area (Å²) in [6.07, 6.45) is -4.57. The van der Waals surface area contributed by atoms with Crippen molar-refractivity contribution in [1.29, 1.82) is 5.41 Å². The van der Waals surface area contributed by atoms with Crippen LogP contribution in [-0.2, 0) is 16.2 Å². The van der Waals surface area contributed by atoms with Gasteiger partial charge in [-0.3, -0.25) is 9.71 Å². The SMILES string of the molecule is N=C(N)CN(c1ccc(C(F)(F)F)cc1)S(=O)(=O)c1ccc(F)cc1. The number of nitrogens with zero attached hydrogens (tertiary/aromatic N) is 1. The fraction of sp³-hybridized carbons (Fsp3) is 0.133. The average Bonchev–Trinajstić information content (AvgIpc) is 2.52. The molecule has 0 saturated carbocycles. The summed E-state index contributed by atoms with van der Waals surface area (Å²) < 4.78 is 77.0. The van der Waals surface area contributed by atoms with E-state index in [-0.39, 0.29) is 10.6 Å². The summed E-state index contributed by atoms with van der Waals surface area (Å²) in [5, 5.41) is 7.32. The van der Waals surface area contributed by atoms with Gasteiger partial charge in [-0.25, -0.2) is 12.8 Å². The summed E-state index contributed by atoms with van der Waals surface area (Å²) in [7, 11) is -4.25. The average molecular weight is 375 g/mol. The Morgan fingerprint density at radius 3 is 2.00 bits per heavy atom. The lowest BCUT2D eigenvalue weighted by Crippen LogP contribution is -2.38. The van der Waals surface area contributed by atoms with Crippen LogP contribution < -0.4 is 10.0 Å². The molecule has 0 bridgehead atoms. The van der Waals surface area contributed by atoms with E-state index >= 15 is 0 Å². The highest BCUT2D eigenvalue weighted by molar-refractivity contribution is 7.92. The van der Waals surface area contributed by atoms with E-state index in [4.69, 9.17) is 11.1 Å². The molecule has 3 N–H and O–H groups in total. The van der Waals surface area contributed by atoms with Crippen molar-refractivity contribution < 1.29 is 26.0 Å². The zero-order valence-corrected chi connectivity index (χ0v) is 13.4. The number of nitrogens with one attached hydrogen (secondary N) is 1. The Morgan fingerprint density at radius 2 is 1.56 bits per heavy atom. The largest absolute Gasteiger partial charge is 0.416 e. The fourth-order valence-corrected chi connectivity index (χ4v) is 3.46. The molecule has 2 rings (SSSR count). The molecule has 0 aliphatic carbocycles. The van der Waals surface area contributed by atoms with Crippen LogP contribution in [0.4, 0.5) is 23.2 Å². The lowest BCUT2D eigenvalue weighted by molar-refractivity contribution is -0.137. The van der Waals surface area contributed by atoms with Gasteiger partial charge in [-0.15, -0.1) is 0 Å². The minimum atomic E-state index is -4.57. The molecule has 0 saturated heterocycles. The van der Waals surface area contributed by atoms with E-state index in [2.05, 4.69) is 0 Å². The Kier molecular flexibility index (Phi) is 5.02. The Bertz CT molecular complexity index is 863. The molecule has 2 aromatic rings. The zero-order chi connectivity index (χ0) is 18.8. The van der Waals surface area contributed by atoms with Crippen molar-refractivity contribution in [1.82, 2.24) is 0 Å². The third-order valence-electron chi connectivity index (χ3n) is 3.20. The summed E-state index contributed by atoms with van der Waals surface area (Å²) >= 11 is 0. The smallest absolute Gasteiger partial charge is 0.386 e. The fourth-order valence-electron chi connectivity index (χ4n) is 2.02. The lowest BCUT2D eigenvalue weighted by Gasteiger charge is -2.24. The second kappa shape index (κ2) is 6.71. The van der Waals surface area contributed by atoms with E-state index in [1.54, 1.807) is 0 Å². The molecule has 5 nitrogen and oxygen atoms in total. The maximum atomic E-state index is 13.0. The van der Waals surface area contributed by atoms with Crippen molar-refractivity contribution in [3.63, 3.8) is 0 Å². The number of halogens is 4. The predicted octanol–water partition coefficient (Wildman–Crippen LogP) is 2.98. The standard InChI is InChI=1S/C15H13F4N3O2S/c16-11-3-7-13(8-4-11)25(23,24)22(9-14(20)21)12-5-1-10(2-6-12)15(17,18)19/h1-8H,9H2,(H3,20,21). The van der Waals surface area contributed by atoms with Crippen LogP contribution in [0, 0.1) is 11.2 Å². The van der Waals surface area contributed by atoms with E-state index < -0.39 is 40.0 Å². The summed E-state index contributed by atoms with van der Waals surface area (Å²) in [5.41, 5.74) is 4.22. The van der Waals surface area contributed by atoms with Gasteiger partial charge in [-0.05, 0) is 48.5 Å². The third kappa shape index (κ3) is 4.27. The molecule has 10 heteroatoms. The number of benzene rings is 2. The number of hydrogen-bond acceptors (Lipinski definition) is 3. The first kappa shape index (κ1) is 18.7. The first-order valence-corrected chi connectivity index (χ1v) is 8.24. The Balaban J connectivity index is 2.49. The van der Waals surface area contributed by atoms with Gasteiger partial charge in [0.25, 0.3) is 10.0 Å². The maximum absolute atomic E-state index is 13.0. The first-order valence-electron chi connectivity index (χ1n) is 6.80. The molecule has 25 heavy (non-hydrogen) atoms. The molecule has 0 heterocycles. The van der Waals surface area contributed by atoms with E-state index in [1.807, 2.05) is 0 Å². The summed E-state index contributed by atoms with van der Waals surface area (Å²) in [6.45, 7) is -0.564. The van der Waals surface area contributed by atoms with Crippen molar-refractivity contribution in [3.05, 3.63) is 59.9 Å². The van der Waals surface area contributed by atoms with Crippen LogP contribution in [0.3, 0.4) is 0 Å². The lowest BCUT2D eigenvalue weighted by atomic mass is 10.2. The normalized spacial score (nSPS) is 12.0. The van der Waals surface area contributed by atoms with E-state index in [1.165, 1.54) is 0 Å². The van der Waals surface area contributed by atoms with Gasteiger partial charge in [0, 0.05) is 0 Å². The highest BCUT2D eigenvalue weighted by Crippen LogP contribution is 2.31. The monoisotopic (exact) mass is 375 g/mol. The topological polar surface area (TPSA) is 87.2 Å². The van der Waals surface area contributed by atoms with Gasteiger partial charge in [0.05, 0.1) is 22.7 Å². The summed E-state index contributed by atoms with van der Waals surface area (Å²) in [6, 6.07) is 7.28. The van der Waals surface area contributed by atoms with Crippen LogP contribution in [0.5, 0.6) is 0 Å². The van der Waals surface area contributed by atoms with Crippen molar-refractivity contribution in [2.24, 2.45) is 5.73 Å². The molecule has 0 radical (unpaired) electrons. The summed E-state index contributed by atoms with van der Waals surface area (Å²) in [5.74, 6) is -1.16. The van der Waals surface area contributed by atoms with Crippen molar-refractivity contribution in [3.8, 4) is 0 Å². The van der Waals surface area contributed by atoms with Crippen LogP contribution in [0.25, 0.3) is 0 Å². The molecule has 0 fully saturated rings. The minimum absolute atomic E-state index is 0.104. The third-order valence-corrected chi connectivity index (χ3v) is 4.99. The molecule has 0 aliphatic rings. The highest BCUT2D eigenvalue weighted by atomic mass is 32.2. The molecule has 134 valence electrons. The van der Waals surface area contributed by atoms with Crippen molar-refractivity contribution in [2.75, 3.05) is 10.8 Å². The number of rotatable bonds is 5. The molecule has 0 atom stereocenters. The molecule has 0 unspecified atom stereocenters. The second-order valence-electron chi connectivity index (χ2n) is 5.04.